The van der Waals surface area contributed by atoms with E-state index >= 15 is 0 Å². The van der Waals surface area contributed by atoms with Crippen molar-refractivity contribution in [3.05, 3.63) is 23.3 Å². The summed E-state index contributed by atoms with van der Waals surface area (Å²) in [6.45, 7) is 2.87. The zero-order valence-corrected chi connectivity index (χ0v) is 15.4. The number of hydrogen-bond acceptors (Lipinski definition) is 5. The smallest absolute Gasteiger partial charge is 0.165 e. The number of ether oxygens (including phenoxy) is 2. The lowest BCUT2D eigenvalue weighted by atomic mass is 9.34. The highest BCUT2D eigenvalue weighted by Crippen LogP contribution is 2.75. The van der Waals surface area contributed by atoms with Gasteiger partial charge in [0, 0.05) is 35.5 Å². The highest BCUT2D eigenvalue weighted by molar-refractivity contribution is 5.63. The van der Waals surface area contributed by atoms with E-state index in [-0.39, 0.29) is 28.6 Å². The van der Waals surface area contributed by atoms with Crippen molar-refractivity contribution < 1.29 is 19.7 Å². The number of methoxy groups -OCH3 is 1. The van der Waals surface area contributed by atoms with Crippen LogP contribution in [0.25, 0.3) is 0 Å². The van der Waals surface area contributed by atoms with Crippen molar-refractivity contribution in [3.63, 3.8) is 0 Å². The van der Waals surface area contributed by atoms with Crippen LogP contribution in [0.4, 0.5) is 0 Å². The van der Waals surface area contributed by atoms with Gasteiger partial charge >= 0.3 is 0 Å². The number of fused-ring (bicyclic) bond motifs is 2. The van der Waals surface area contributed by atoms with Crippen molar-refractivity contribution in [1.29, 1.82) is 0 Å². The molecule has 0 aromatic heterocycles. The Labute approximate surface area is 153 Å². The Morgan fingerprint density at radius 3 is 2.92 bits per heavy atom. The Morgan fingerprint density at radius 1 is 1.31 bits per heavy atom. The Bertz CT molecular complexity index is 809. The van der Waals surface area contributed by atoms with Crippen LogP contribution < -0.4 is 10.1 Å². The molecular formula is C21H27NO4. The third kappa shape index (κ3) is 1.36. The first kappa shape index (κ1) is 15.7. The number of hydrogen-bond donors (Lipinski definition) is 3. The number of phenolic OH excluding ortho intramolecular Hbond substituents is 1. The first-order valence-electron chi connectivity index (χ1n) is 9.99. The molecule has 7 rings (SSSR count). The molecular weight excluding hydrogens is 330 g/mol. The quantitative estimate of drug-likeness (QED) is 0.754. The molecule has 4 aliphatic carbocycles. The van der Waals surface area contributed by atoms with E-state index in [2.05, 4.69) is 11.4 Å². The lowest BCUT2D eigenvalue weighted by molar-refractivity contribution is -0.276. The molecule has 2 spiro atoms. The fraction of sp³-hybridized carbons (Fsp3) is 0.714. The van der Waals surface area contributed by atoms with Crippen molar-refractivity contribution in [2.24, 2.45) is 11.3 Å². The number of rotatable bonds is 2. The van der Waals surface area contributed by atoms with E-state index in [1.165, 1.54) is 11.1 Å². The minimum Gasteiger partial charge on any atom is -0.504 e. The molecule has 5 nitrogen and oxygen atoms in total. The lowest BCUT2D eigenvalue weighted by Gasteiger charge is -2.72. The summed E-state index contributed by atoms with van der Waals surface area (Å²) in [4.78, 5) is 0. The molecule has 1 saturated heterocycles. The average molecular weight is 357 g/mol. The zero-order chi connectivity index (χ0) is 17.9. The lowest BCUT2D eigenvalue weighted by Crippen LogP contribution is -2.81. The summed E-state index contributed by atoms with van der Waals surface area (Å²) in [7, 11) is 1.78. The summed E-state index contributed by atoms with van der Waals surface area (Å²) >= 11 is 0. The highest BCUT2D eigenvalue weighted by Gasteiger charge is 2.80. The van der Waals surface area contributed by atoms with Gasteiger partial charge in [-0.1, -0.05) is 6.07 Å². The summed E-state index contributed by atoms with van der Waals surface area (Å²) in [6, 6.07) is 4.27. The molecule has 0 amide bonds. The van der Waals surface area contributed by atoms with E-state index in [0.29, 0.717) is 11.8 Å². The summed E-state index contributed by atoms with van der Waals surface area (Å²) in [5, 5.41) is 25.1. The predicted octanol–water partition coefficient (Wildman–Crippen LogP) is 1.88. The molecule has 7 atom stereocenters. The van der Waals surface area contributed by atoms with Crippen LogP contribution in [0, 0.1) is 11.3 Å². The summed E-state index contributed by atoms with van der Waals surface area (Å²) in [6.07, 6.45) is 4.39. The fourth-order valence-electron chi connectivity index (χ4n) is 7.97. The standard InChI is InChI=1S/C21H27NO4/c1-11(23)13-10-19-5-6-21(13,25-2)18-20(19)7-8-22-15(19)9-12-3-4-14(24)17(26-18)16(12)20/h3-4,11,13,15,18,22-24H,5-10H2,1-2H3/t11-,13+,15?,18+,19+,20?,21+/m0/s1. The van der Waals surface area contributed by atoms with Crippen molar-refractivity contribution in [3.8, 4) is 11.5 Å². The van der Waals surface area contributed by atoms with Gasteiger partial charge in [-0.2, -0.15) is 0 Å². The van der Waals surface area contributed by atoms with Gasteiger partial charge in [0.25, 0.3) is 0 Å². The van der Waals surface area contributed by atoms with Gasteiger partial charge in [-0.25, -0.2) is 0 Å². The number of aliphatic hydroxyl groups excluding tert-OH is 1. The van der Waals surface area contributed by atoms with Crippen LogP contribution in [0.1, 0.15) is 43.7 Å². The maximum absolute atomic E-state index is 10.7. The second-order valence-electron chi connectivity index (χ2n) is 9.24. The van der Waals surface area contributed by atoms with Gasteiger partial charge in [0.05, 0.1) is 6.10 Å². The maximum atomic E-state index is 10.7. The molecule has 4 fully saturated rings. The summed E-state index contributed by atoms with van der Waals surface area (Å²) in [5.41, 5.74) is 2.05. The molecule has 3 N–H and O–H groups in total. The summed E-state index contributed by atoms with van der Waals surface area (Å²) in [5.74, 6) is 0.991. The molecule has 3 saturated carbocycles. The number of aliphatic hydroxyl groups is 1. The van der Waals surface area contributed by atoms with Crippen LogP contribution in [0.3, 0.4) is 0 Å². The number of phenols is 1. The van der Waals surface area contributed by atoms with Crippen LogP contribution in [-0.2, 0) is 16.6 Å². The highest BCUT2D eigenvalue weighted by atomic mass is 16.6. The van der Waals surface area contributed by atoms with Gasteiger partial charge in [-0.05, 0) is 57.2 Å². The first-order chi connectivity index (χ1) is 12.5. The van der Waals surface area contributed by atoms with Crippen molar-refractivity contribution >= 4 is 0 Å². The molecule has 0 radical (unpaired) electrons. The number of nitrogens with one attached hydrogen (secondary N) is 1. The molecule has 5 heteroatoms. The van der Waals surface area contributed by atoms with E-state index in [9.17, 15) is 10.2 Å². The SMILES string of the molecule is CO[C@]12CC[C@@]3(C[C@@H]1[C@H](C)O)C1Cc4ccc(O)c5c4C3(CCN1)[C@H]2O5. The minimum atomic E-state index is -0.488. The molecule has 1 aromatic rings. The van der Waals surface area contributed by atoms with Gasteiger partial charge in [0.1, 0.15) is 11.7 Å². The van der Waals surface area contributed by atoms with Gasteiger partial charge in [0.15, 0.2) is 11.5 Å². The number of piperidine rings is 1. The van der Waals surface area contributed by atoms with Crippen molar-refractivity contribution in [2.45, 2.75) is 68.3 Å². The van der Waals surface area contributed by atoms with Gasteiger partial charge in [0.2, 0.25) is 0 Å². The predicted molar refractivity (Wildman–Crippen MR) is 95.5 cm³/mol. The fourth-order valence-corrected chi connectivity index (χ4v) is 7.97. The molecule has 6 aliphatic rings. The van der Waals surface area contributed by atoms with E-state index in [0.717, 1.165) is 38.6 Å². The van der Waals surface area contributed by atoms with Crippen molar-refractivity contribution in [1.82, 2.24) is 5.32 Å². The van der Waals surface area contributed by atoms with Gasteiger partial charge < -0.3 is 25.0 Å². The molecule has 2 heterocycles. The Balaban J connectivity index is 1.69. The van der Waals surface area contributed by atoms with E-state index in [1.807, 2.05) is 6.92 Å². The third-order valence-corrected chi connectivity index (χ3v) is 8.82. The Kier molecular flexibility index (Phi) is 2.76. The second-order valence-corrected chi connectivity index (χ2v) is 9.24. The maximum Gasteiger partial charge on any atom is 0.165 e. The normalized spacial score (nSPS) is 48.0. The molecule has 1 aromatic carbocycles. The van der Waals surface area contributed by atoms with Gasteiger partial charge in [-0.3, -0.25) is 0 Å². The molecule has 2 aliphatic heterocycles. The number of benzene rings is 1. The van der Waals surface area contributed by atoms with Crippen molar-refractivity contribution in [2.75, 3.05) is 13.7 Å². The summed E-state index contributed by atoms with van der Waals surface area (Å²) < 4.78 is 12.8. The van der Waals surface area contributed by atoms with E-state index in [4.69, 9.17) is 9.47 Å². The topological polar surface area (TPSA) is 71.0 Å². The minimum absolute atomic E-state index is 0.0554. The molecule has 26 heavy (non-hydrogen) atoms. The molecule has 4 bridgehead atoms. The Hall–Kier alpha value is -1.30. The third-order valence-electron chi connectivity index (χ3n) is 8.82. The monoisotopic (exact) mass is 357 g/mol. The molecule has 2 unspecified atom stereocenters. The van der Waals surface area contributed by atoms with E-state index in [1.54, 1.807) is 13.2 Å². The second kappa shape index (κ2) is 4.57. The first-order valence-corrected chi connectivity index (χ1v) is 9.99. The zero-order valence-electron chi connectivity index (χ0n) is 15.4. The van der Waals surface area contributed by atoms with Gasteiger partial charge in [-0.15, -0.1) is 0 Å². The van der Waals surface area contributed by atoms with E-state index < -0.39 is 11.7 Å². The van der Waals surface area contributed by atoms with Crippen LogP contribution in [0.2, 0.25) is 0 Å². The average Bonchev–Trinajstić information content (AvgIpc) is 2.99. The largest absolute Gasteiger partial charge is 0.504 e. The molecule has 140 valence electrons. The Morgan fingerprint density at radius 2 is 2.15 bits per heavy atom. The van der Waals surface area contributed by atoms with Crippen LogP contribution in [0.15, 0.2) is 12.1 Å². The van der Waals surface area contributed by atoms with Crippen LogP contribution >= 0.6 is 0 Å². The van der Waals surface area contributed by atoms with Crippen LogP contribution in [0.5, 0.6) is 11.5 Å². The van der Waals surface area contributed by atoms with Crippen LogP contribution in [-0.4, -0.2) is 47.7 Å². The number of aromatic hydroxyl groups is 1.